The molecule has 2 heterocycles. The molecule has 0 bridgehead atoms. The Morgan fingerprint density at radius 3 is 2.64 bits per heavy atom. The second kappa shape index (κ2) is 7.89. The van der Waals surface area contributed by atoms with Gasteiger partial charge in [-0.1, -0.05) is 6.07 Å². The van der Waals surface area contributed by atoms with Gasteiger partial charge in [0.05, 0.1) is 23.7 Å². The van der Waals surface area contributed by atoms with Crippen LogP contribution < -0.4 is 15.4 Å². The Morgan fingerprint density at radius 2 is 1.96 bits per heavy atom. The van der Waals surface area contributed by atoms with Crippen LogP contribution >= 0.6 is 0 Å². The number of pyridine rings is 1. The van der Waals surface area contributed by atoms with Gasteiger partial charge >= 0.3 is 6.03 Å². The number of aryl methyl sites for hydroxylation is 2. The van der Waals surface area contributed by atoms with Crippen LogP contribution in [0.5, 0.6) is 0 Å². The summed E-state index contributed by atoms with van der Waals surface area (Å²) in [4.78, 5) is 16.6. The van der Waals surface area contributed by atoms with Crippen LogP contribution in [-0.4, -0.2) is 29.6 Å². The maximum atomic E-state index is 12.2. The molecule has 0 saturated carbocycles. The molecule has 1 aromatic carbocycles. The molecule has 0 aliphatic rings. The molecule has 0 radical (unpaired) electrons. The second-order valence-electron chi connectivity index (χ2n) is 6.47. The number of imidazole rings is 1. The molecule has 0 unspecified atom stereocenters. The van der Waals surface area contributed by atoms with E-state index in [0.29, 0.717) is 23.5 Å². The molecule has 148 valence electrons. The fourth-order valence-electron chi connectivity index (χ4n) is 2.73. The normalized spacial score (nSPS) is 11.4. The average Bonchev–Trinajstić information content (AvgIpc) is 3.07. The van der Waals surface area contributed by atoms with Crippen LogP contribution in [0.25, 0.3) is 5.65 Å². The summed E-state index contributed by atoms with van der Waals surface area (Å²) in [6, 6.07) is 10.5. The third-order valence-corrected chi connectivity index (χ3v) is 5.60. The van der Waals surface area contributed by atoms with E-state index in [1.807, 2.05) is 35.7 Å². The molecule has 2 aromatic heterocycles. The molecule has 0 spiro atoms. The summed E-state index contributed by atoms with van der Waals surface area (Å²) >= 11 is 0. The second-order valence-corrected chi connectivity index (χ2v) is 8.48. The fourth-order valence-corrected chi connectivity index (χ4v) is 3.43. The lowest BCUT2D eigenvalue weighted by Crippen LogP contribution is -2.28. The number of hydrogen-bond acceptors (Lipinski definition) is 4. The SMILES string of the molecule is CCS(=O)(=O)Nc1ccc(NC(=O)NCc2cn3c(C)cccc3n2)cc1C. The first-order valence-corrected chi connectivity index (χ1v) is 10.5. The molecule has 8 nitrogen and oxygen atoms in total. The van der Waals surface area contributed by atoms with Crippen molar-refractivity contribution in [3.8, 4) is 0 Å². The zero-order valence-corrected chi connectivity index (χ0v) is 16.8. The van der Waals surface area contributed by atoms with Crippen molar-refractivity contribution in [3.05, 3.63) is 59.5 Å². The summed E-state index contributed by atoms with van der Waals surface area (Å²) in [5.41, 5.74) is 4.43. The molecule has 2 amide bonds. The van der Waals surface area contributed by atoms with E-state index in [2.05, 4.69) is 20.3 Å². The quantitative estimate of drug-likeness (QED) is 0.590. The molecule has 3 aromatic rings. The van der Waals surface area contributed by atoms with E-state index in [0.717, 1.165) is 17.0 Å². The largest absolute Gasteiger partial charge is 0.332 e. The number of sulfonamides is 1. The van der Waals surface area contributed by atoms with Crippen LogP contribution in [0.4, 0.5) is 16.2 Å². The van der Waals surface area contributed by atoms with Gasteiger partial charge < -0.3 is 15.0 Å². The van der Waals surface area contributed by atoms with Gasteiger partial charge in [-0.2, -0.15) is 0 Å². The first-order valence-electron chi connectivity index (χ1n) is 8.87. The number of nitrogens with zero attached hydrogens (tertiary/aromatic N) is 2. The average molecular weight is 401 g/mol. The van der Waals surface area contributed by atoms with Gasteiger partial charge in [0.15, 0.2) is 0 Å². The van der Waals surface area contributed by atoms with Gasteiger partial charge in [-0.15, -0.1) is 0 Å². The van der Waals surface area contributed by atoms with Gasteiger partial charge in [0.2, 0.25) is 10.0 Å². The third kappa shape index (κ3) is 4.61. The predicted molar refractivity (Wildman–Crippen MR) is 110 cm³/mol. The Morgan fingerprint density at radius 1 is 1.18 bits per heavy atom. The van der Waals surface area contributed by atoms with Crippen molar-refractivity contribution >= 4 is 33.1 Å². The van der Waals surface area contributed by atoms with Crippen LogP contribution in [0.15, 0.2) is 42.6 Å². The standard InChI is InChI=1S/C19H23N5O3S/c1-4-28(26,27)23-17-9-8-15(10-13(17)2)22-19(25)20-11-16-12-24-14(3)6-5-7-18(24)21-16/h5-10,12,23H,4,11H2,1-3H3,(H2,20,22,25). The monoisotopic (exact) mass is 401 g/mol. The molecule has 0 aliphatic heterocycles. The topological polar surface area (TPSA) is 105 Å². The maximum absolute atomic E-state index is 12.2. The van der Waals surface area contributed by atoms with Crippen LogP contribution in [0.2, 0.25) is 0 Å². The zero-order chi connectivity index (χ0) is 20.3. The molecule has 9 heteroatoms. The van der Waals surface area contributed by atoms with Crippen LogP contribution in [0.1, 0.15) is 23.9 Å². The number of anilines is 2. The summed E-state index contributed by atoms with van der Waals surface area (Å²) in [6.07, 6.45) is 1.89. The number of rotatable bonds is 6. The number of benzene rings is 1. The number of nitrogens with one attached hydrogen (secondary N) is 3. The van der Waals surface area contributed by atoms with Crippen molar-refractivity contribution < 1.29 is 13.2 Å². The van der Waals surface area contributed by atoms with Gasteiger partial charge in [-0.25, -0.2) is 18.2 Å². The summed E-state index contributed by atoms with van der Waals surface area (Å²) in [7, 11) is -3.34. The van der Waals surface area contributed by atoms with E-state index in [-0.39, 0.29) is 11.8 Å². The van der Waals surface area contributed by atoms with Crippen LogP contribution in [0.3, 0.4) is 0 Å². The molecule has 28 heavy (non-hydrogen) atoms. The van der Waals surface area contributed by atoms with E-state index < -0.39 is 10.0 Å². The van der Waals surface area contributed by atoms with E-state index in [9.17, 15) is 13.2 Å². The number of aromatic nitrogens is 2. The fraction of sp³-hybridized carbons (Fsp3) is 0.263. The van der Waals surface area contributed by atoms with E-state index in [4.69, 9.17) is 0 Å². The maximum Gasteiger partial charge on any atom is 0.319 e. The number of carbonyl (C=O) groups is 1. The van der Waals surface area contributed by atoms with Gasteiger partial charge in [-0.05, 0) is 56.7 Å². The zero-order valence-electron chi connectivity index (χ0n) is 16.0. The smallest absolute Gasteiger partial charge is 0.319 e. The highest BCUT2D eigenvalue weighted by Crippen LogP contribution is 2.21. The first-order chi connectivity index (χ1) is 13.3. The first kappa shape index (κ1) is 19.7. The lowest BCUT2D eigenvalue weighted by Gasteiger charge is -2.12. The minimum Gasteiger partial charge on any atom is -0.332 e. The van der Waals surface area contributed by atoms with Crippen molar-refractivity contribution in [1.82, 2.24) is 14.7 Å². The minimum absolute atomic E-state index is 0.00255. The van der Waals surface area contributed by atoms with Crippen LogP contribution in [0, 0.1) is 13.8 Å². The molecule has 0 aliphatic carbocycles. The van der Waals surface area contributed by atoms with Crippen LogP contribution in [-0.2, 0) is 16.6 Å². The lowest BCUT2D eigenvalue weighted by atomic mass is 10.2. The molecule has 0 fully saturated rings. The van der Waals surface area contributed by atoms with Crippen molar-refractivity contribution in [2.45, 2.75) is 27.3 Å². The number of fused-ring (bicyclic) bond motifs is 1. The Bertz CT molecular complexity index is 1120. The van der Waals surface area contributed by atoms with E-state index in [1.54, 1.807) is 32.0 Å². The molecule has 0 saturated heterocycles. The Labute approximate surface area is 164 Å². The number of urea groups is 1. The Kier molecular flexibility index (Phi) is 5.55. The third-order valence-electron chi connectivity index (χ3n) is 4.31. The van der Waals surface area contributed by atoms with Crippen molar-refractivity contribution in [1.29, 1.82) is 0 Å². The van der Waals surface area contributed by atoms with Gasteiger partial charge in [0.25, 0.3) is 0 Å². The summed E-state index contributed by atoms with van der Waals surface area (Å²) in [5, 5.41) is 5.51. The minimum atomic E-state index is -3.34. The number of carbonyl (C=O) groups excluding carboxylic acids is 1. The molecular weight excluding hydrogens is 378 g/mol. The van der Waals surface area contributed by atoms with Gasteiger partial charge in [0, 0.05) is 17.6 Å². The van der Waals surface area contributed by atoms with Crippen molar-refractivity contribution in [2.24, 2.45) is 0 Å². The Hall–Kier alpha value is -3.07. The molecular formula is C19H23N5O3S. The summed E-state index contributed by atoms with van der Waals surface area (Å²) < 4.78 is 27.9. The van der Waals surface area contributed by atoms with Gasteiger partial charge in [-0.3, -0.25) is 4.72 Å². The summed E-state index contributed by atoms with van der Waals surface area (Å²) in [5.74, 6) is -0.00255. The highest BCUT2D eigenvalue weighted by molar-refractivity contribution is 7.92. The lowest BCUT2D eigenvalue weighted by molar-refractivity contribution is 0.251. The number of hydrogen-bond donors (Lipinski definition) is 3. The highest BCUT2D eigenvalue weighted by atomic mass is 32.2. The predicted octanol–water partition coefficient (Wildman–Crippen LogP) is 3.03. The van der Waals surface area contributed by atoms with Crippen molar-refractivity contribution in [2.75, 3.05) is 15.8 Å². The number of amides is 2. The Balaban J connectivity index is 1.61. The van der Waals surface area contributed by atoms with E-state index in [1.165, 1.54) is 0 Å². The van der Waals surface area contributed by atoms with Crippen molar-refractivity contribution in [3.63, 3.8) is 0 Å². The highest BCUT2D eigenvalue weighted by Gasteiger charge is 2.10. The molecule has 0 atom stereocenters. The van der Waals surface area contributed by atoms with E-state index >= 15 is 0 Å². The van der Waals surface area contributed by atoms with Gasteiger partial charge in [0.1, 0.15) is 5.65 Å². The molecule has 3 rings (SSSR count). The molecule has 3 N–H and O–H groups in total. The summed E-state index contributed by atoms with van der Waals surface area (Å²) in [6.45, 7) is 5.63.